The van der Waals surface area contributed by atoms with Crippen LogP contribution in [0.2, 0.25) is 0 Å². The van der Waals surface area contributed by atoms with Gasteiger partial charge in [0.15, 0.2) is 0 Å². The molecular weight excluding hydrogens is 288 g/mol. The number of fused-ring (bicyclic) bond motifs is 1. The summed E-state index contributed by atoms with van der Waals surface area (Å²) in [6.45, 7) is 2.31. The summed E-state index contributed by atoms with van der Waals surface area (Å²) in [6.07, 6.45) is 0.347. The maximum atomic E-state index is 12.5. The number of aryl methyl sites for hydroxylation is 2. The number of nitrogens with one attached hydrogen (secondary N) is 1. The Kier molecular flexibility index (Phi) is 4.07. The van der Waals surface area contributed by atoms with Crippen LogP contribution in [0.4, 0.5) is 5.82 Å². The number of rotatable bonds is 4. The number of amides is 1. The fourth-order valence-electron chi connectivity index (χ4n) is 2.49. The lowest BCUT2D eigenvalue weighted by molar-refractivity contribution is 0.102. The summed E-state index contributed by atoms with van der Waals surface area (Å²) >= 11 is 0. The number of hydrogen-bond donors (Lipinski definition) is 1. The van der Waals surface area contributed by atoms with Crippen molar-refractivity contribution in [3.05, 3.63) is 59.8 Å². The predicted molar refractivity (Wildman–Crippen MR) is 89.1 cm³/mol. The number of carbonyl (C=O) groups is 1. The molecule has 0 atom stereocenters. The van der Waals surface area contributed by atoms with E-state index in [1.165, 1.54) is 0 Å². The molecule has 0 bridgehead atoms. The summed E-state index contributed by atoms with van der Waals surface area (Å²) in [4.78, 5) is 12.5. The van der Waals surface area contributed by atoms with Crippen LogP contribution < -0.4 is 5.32 Å². The van der Waals surface area contributed by atoms with E-state index in [-0.39, 0.29) is 5.91 Å². The SMILES string of the molecule is Cc1cc(NC(=O)c2ccc3ccccc3c2)n(CCC#N)n1. The van der Waals surface area contributed by atoms with Gasteiger partial charge in [0.2, 0.25) is 0 Å². The van der Waals surface area contributed by atoms with E-state index in [1.54, 1.807) is 16.8 Å². The topological polar surface area (TPSA) is 70.7 Å². The highest BCUT2D eigenvalue weighted by Gasteiger charge is 2.11. The second kappa shape index (κ2) is 6.32. The summed E-state index contributed by atoms with van der Waals surface area (Å²) in [7, 11) is 0. The average molecular weight is 304 g/mol. The molecule has 0 unspecified atom stereocenters. The van der Waals surface area contributed by atoms with Crippen molar-refractivity contribution in [1.82, 2.24) is 9.78 Å². The van der Waals surface area contributed by atoms with Gasteiger partial charge in [-0.2, -0.15) is 10.4 Å². The van der Waals surface area contributed by atoms with Crippen LogP contribution in [0.1, 0.15) is 22.5 Å². The Morgan fingerprint density at radius 3 is 2.78 bits per heavy atom. The molecule has 0 fully saturated rings. The number of nitriles is 1. The molecule has 5 heteroatoms. The molecule has 3 aromatic rings. The number of benzene rings is 2. The second-order valence-electron chi connectivity index (χ2n) is 5.32. The van der Waals surface area contributed by atoms with Crippen molar-refractivity contribution in [1.29, 1.82) is 5.26 Å². The summed E-state index contributed by atoms with van der Waals surface area (Å²) in [5, 5.41) is 18.0. The van der Waals surface area contributed by atoms with Crippen molar-refractivity contribution in [2.75, 3.05) is 5.32 Å². The van der Waals surface area contributed by atoms with Crippen LogP contribution in [0, 0.1) is 18.3 Å². The third kappa shape index (κ3) is 3.22. The van der Waals surface area contributed by atoms with Crippen molar-refractivity contribution < 1.29 is 4.79 Å². The van der Waals surface area contributed by atoms with E-state index in [1.807, 2.05) is 43.3 Å². The first-order valence-corrected chi connectivity index (χ1v) is 7.39. The molecule has 23 heavy (non-hydrogen) atoms. The van der Waals surface area contributed by atoms with Gasteiger partial charge >= 0.3 is 0 Å². The summed E-state index contributed by atoms with van der Waals surface area (Å²) in [5.41, 5.74) is 1.39. The van der Waals surface area contributed by atoms with Gasteiger partial charge in [-0.3, -0.25) is 4.79 Å². The predicted octanol–water partition coefficient (Wildman–Crippen LogP) is 3.51. The van der Waals surface area contributed by atoms with E-state index in [0.29, 0.717) is 24.3 Å². The monoisotopic (exact) mass is 304 g/mol. The lowest BCUT2D eigenvalue weighted by Crippen LogP contribution is -2.15. The molecular formula is C18H16N4O. The van der Waals surface area contributed by atoms with E-state index in [0.717, 1.165) is 16.5 Å². The fourth-order valence-corrected chi connectivity index (χ4v) is 2.49. The Labute approximate surface area is 134 Å². The molecule has 114 valence electrons. The average Bonchev–Trinajstić information content (AvgIpc) is 2.91. The standard InChI is InChI=1S/C18H16N4O/c1-13-11-17(22(21-13)10-4-9-19)20-18(23)16-8-7-14-5-2-3-6-15(14)12-16/h2-3,5-8,11-12H,4,10H2,1H3,(H,20,23). The molecule has 0 aliphatic rings. The first-order chi connectivity index (χ1) is 11.2. The quantitative estimate of drug-likeness (QED) is 0.801. The highest BCUT2D eigenvalue weighted by molar-refractivity contribution is 6.06. The fraction of sp³-hybridized carbons (Fsp3) is 0.167. The minimum Gasteiger partial charge on any atom is -0.307 e. The van der Waals surface area contributed by atoms with Crippen molar-refractivity contribution in [3.63, 3.8) is 0 Å². The van der Waals surface area contributed by atoms with Crippen LogP contribution in [0.5, 0.6) is 0 Å². The maximum absolute atomic E-state index is 12.5. The normalized spacial score (nSPS) is 10.4. The zero-order valence-corrected chi connectivity index (χ0v) is 12.8. The second-order valence-corrected chi connectivity index (χ2v) is 5.32. The van der Waals surface area contributed by atoms with Crippen LogP contribution in [0.3, 0.4) is 0 Å². The number of anilines is 1. The molecule has 1 N–H and O–H groups in total. The van der Waals surface area contributed by atoms with Gasteiger partial charge in [-0.1, -0.05) is 30.3 Å². The van der Waals surface area contributed by atoms with Gasteiger partial charge in [0.25, 0.3) is 5.91 Å². The van der Waals surface area contributed by atoms with Crippen LogP contribution in [-0.2, 0) is 6.54 Å². The third-order valence-corrected chi connectivity index (χ3v) is 3.59. The van der Waals surface area contributed by atoms with Gasteiger partial charge in [0, 0.05) is 11.6 Å². The van der Waals surface area contributed by atoms with Crippen LogP contribution in [-0.4, -0.2) is 15.7 Å². The zero-order valence-electron chi connectivity index (χ0n) is 12.8. The first kappa shape index (κ1) is 14.8. The van der Waals surface area contributed by atoms with Crippen LogP contribution >= 0.6 is 0 Å². The van der Waals surface area contributed by atoms with E-state index < -0.39 is 0 Å². The Morgan fingerprint density at radius 2 is 2.00 bits per heavy atom. The smallest absolute Gasteiger partial charge is 0.256 e. The molecule has 1 aromatic heterocycles. The lowest BCUT2D eigenvalue weighted by Gasteiger charge is -2.08. The lowest BCUT2D eigenvalue weighted by atomic mass is 10.1. The van der Waals surface area contributed by atoms with Gasteiger partial charge in [-0.25, -0.2) is 4.68 Å². The third-order valence-electron chi connectivity index (χ3n) is 3.59. The first-order valence-electron chi connectivity index (χ1n) is 7.39. The molecule has 0 aliphatic carbocycles. The molecule has 5 nitrogen and oxygen atoms in total. The maximum Gasteiger partial charge on any atom is 0.256 e. The summed E-state index contributed by atoms with van der Waals surface area (Å²) in [6, 6.07) is 17.4. The van der Waals surface area contributed by atoms with Gasteiger partial charge in [-0.05, 0) is 29.8 Å². The Balaban J connectivity index is 1.84. The van der Waals surface area contributed by atoms with Crippen LogP contribution in [0.15, 0.2) is 48.5 Å². The minimum absolute atomic E-state index is 0.186. The summed E-state index contributed by atoms with van der Waals surface area (Å²) in [5.74, 6) is 0.421. The molecule has 0 spiro atoms. The molecule has 1 amide bonds. The van der Waals surface area contributed by atoms with Gasteiger partial charge in [0.1, 0.15) is 5.82 Å². The van der Waals surface area contributed by atoms with Gasteiger partial charge in [-0.15, -0.1) is 0 Å². The van der Waals surface area contributed by atoms with Crippen molar-refractivity contribution in [2.45, 2.75) is 19.9 Å². The van der Waals surface area contributed by atoms with Crippen LogP contribution in [0.25, 0.3) is 10.8 Å². The molecule has 0 saturated heterocycles. The molecule has 0 aliphatic heterocycles. The molecule has 0 radical (unpaired) electrons. The van der Waals surface area contributed by atoms with E-state index in [9.17, 15) is 4.79 Å². The Hall–Kier alpha value is -3.13. The van der Waals surface area contributed by atoms with E-state index in [4.69, 9.17) is 5.26 Å². The van der Waals surface area contributed by atoms with E-state index in [2.05, 4.69) is 16.5 Å². The number of hydrogen-bond acceptors (Lipinski definition) is 3. The van der Waals surface area contributed by atoms with E-state index >= 15 is 0 Å². The summed E-state index contributed by atoms with van der Waals surface area (Å²) < 4.78 is 1.65. The Bertz CT molecular complexity index is 905. The van der Waals surface area contributed by atoms with Crippen molar-refractivity contribution in [2.24, 2.45) is 0 Å². The molecule has 1 heterocycles. The van der Waals surface area contributed by atoms with Crippen molar-refractivity contribution in [3.8, 4) is 6.07 Å². The van der Waals surface area contributed by atoms with Crippen molar-refractivity contribution >= 4 is 22.5 Å². The molecule has 2 aromatic carbocycles. The zero-order chi connectivity index (χ0) is 16.2. The van der Waals surface area contributed by atoms with Gasteiger partial charge in [0.05, 0.1) is 24.7 Å². The molecule has 3 rings (SSSR count). The molecule has 0 saturated carbocycles. The highest BCUT2D eigenvalue weighted by atomic mass is 16.1. The van der Waals surface area contributed by atoms with Gasteiger partial charge < -0.3 is 5.32 Å². The highest BCUT2D eigenvalue weighted by Crippen LogP contribution is 2.17. The number of nitrogens with zero attached hydrogens (tertiary/aromatic N) is 3. The minimum atomic E-state index is -0.186. The number of carbonyl (C=O) groups excluding carboxylic acids is 1. The largest absolute Gasteiger partial charge is 0.307 e. The Morgan fingerprint density at radius 1 is 1.22 bits per heavy atom. The number of aromatic nitrogens is 2.